The van der Waals surface area contributed by atoms with Crippen molar-refractivity contribution in [1.82, 2.24) is 4.57 Å². The van der Waals surface area contributed by atoms with Crippen LogP contribution in [0.2, 0.25) is 0 Å². The molecule has 10 heteroatoms. The Bertz CT molecular complexity index is 2250. The highest BCUT2D eigenvalue weighted by molar-refractivity contribution is 7.07. The Morgan fingerprint density at radius 2 is 1.79 bits per heavy atom. The first kappa shape index (κ1) is 29.8. The van der Waals surface area contributed by atoms with Gasteiger partial charge in [-0.1, -0.05) is 78.1 Å². The summed E-state index contributed by atoms with van der Waals surface area (Å²) in [7, 11) is 0. The largest absolute Gasteiger partial charge is 0.489 e. The molecule has 0 saturated carbocycles. The van der Waals surface area contributed by atoms with Crippen molar-refractivity contribution in [3.05, 3.63) is 150 Å². The first-order valence-electron chi connectivity index (χ1n) is 14.9. The fourth-order valence-corrected chi connectivity index (χ4v) is 6.57. The summed E-state index contributed by atoms with van der Waals surface area (Å²) >= 11 is 1.25. The van der Waals surface area contributed by atoms with E-state index in [2.05, 4.69) is 6.07 Å². The van der Waals surface area contributed by atoms with Gasteiger partial charge in [-0.3, -0.25) is 9.36 Å². The summed E-state index contributed by atoms with van der Waals surface area (Å²) < 4.78 is 24.7. The SMILES string of the molecule is CCOC(=O)C1=C(c2ccccc2)N=c2s/c(=C/c3ccc(OCc4ccccc4C#N)cc3)c(=O)n2[C@@H]1c1ccc2c(c1)OCO2. The number of nitrogens with zero attached hydrogens (tertiary/aromatic N) is 3. The van der Waals surface area contributed by atoms with Gasteiger partial charge in [-0.25, -0.2) is 9.79 Å². The first-order valence-corrected chi connectivity index (χ1v) is 15.7. The van der Waals surface area contributed by atoms with Crippen LogP contribution < -0.4 is 29.1 Å². The number of ether oxygens (including phenoxy) is 4. The molecule has 0 radical (unpaired) electrons. The van der Waals surface area contributed by atoms with Crippen molar-refractivity contribution in [2.24, 2.45) is 4.99 Å². The van der Waals surface area contributed by atoms with E-state index < -0.39 is 12.0 Å². The molecule has 7 rings (SSSR count). The maximum Gasteiger partial charge on any atom is 0.338 e. The number of rotatable bonds is 8. The number of hydrogen-bond acceptors (Lipinski definition) is 9. The van der Waals surface area contributed by atoms with Crippen molar-refractivity contribution in [2.45, 2.75) is 19.6 Å². The summed E-state index contributed by atoms with van der Waals surface area (Å²) in [5.74, 6) is 1.20. The van der Waals surface area contributed by atoms with Gasteiger partial charge in [0.1, 0.15) is 12.4 Å². The van der Waals surface area contributed by atoms with Crippen LogP contribution in [-0.2, 0) is 16.1 Å². The molecule has 1 atom stereocenters. The summed E-state index contributed by atoms with van der Waals surface area (Å²) in [6.45, 7) is 2.25. The quantitative estimate of drug-likeness (QED) is 0.216. The van der Waals surface area contributed by atoms with Gasteiger partial charge in [0.25, 0.3) is 5.56 Å². The molecule has 0 aliphatic carbocycles. The third-order valence-electron chi connectivity index (χ3n) is 7.80. The van der Waals surface area contributed by atoms with E-state index in [1.807, 2.05) is 78.9 Å². The van der Waals surface area contributed by atoms with Crippen molar-refractivity contribution in [2.75, 3.05) is 13.4 Å². The Kier molecular flexibility index (Phi) is 8.13. The standard InChI is InChI=1S/C37H27N3O6S/c1-2-43-36(42)32-33(24-8-4-3-5-9-24)39-37-40(34(32)25-14-17-29-30(19-25)46-22-45-29)35(41)31(47-37)18-23-12-15-28(16-13-23)44-21-27-11-7-6-10-26(27)20-38/h3-19,34H,2,21-22H2,1H3/b31-18+/t34-/m1/s1. The number of benzene rings is 4. The molecular formula is C37H27N3O6S. The molecule has 4 aromatic carbocycles. The predicted molar refractivity (Wildman–Crippen MR) is 176 cm³/mol. The first-order chi connectivity index (χ1) is 23.0. The van der Waals surface area contributed by atoms with Gasteiger partial charge in [-0.15, -0.1) is 0 Å². The molecule has 2 aliphatic heterocycles. The number of nitriles is 1. The second kappa shape index (κ2) is 12.8. The van der Waals surface area contributed by atoms with Gasteiger partial charge in [0.05, 0.1) is 40.1 Å². The van der Waals surface area contributed by atoms with Crippen LogP contribution in [0.4, 0.5) is 0 Å². The summed E-state index contributed by atoms with van der Waals surface area (Å²) in [4.78, 5) is 33.2. The second-order valence-electron chi connectivity index (χ2n) is 10.7. The Morgan fingerprint density at radius 1 is 1.02 bits per heavy atom. The van der Waals surface area contributed by atoms with Gasteiger partial charge in [0, 0.05) is 11.1 Å². The van der Waals surface area contributed by atoms with E-state index in [1.165, 1.54) is 11.3 Å². The summed E-state index contributed by atoms with van der Waals surface area (Å²) in [5, 5.41) is 9.35. The van der Waals surface area contributed by atoms with E-state index in [1.54, 1.807) is 35.8 Å². The van der Waals surface area contributed by atoms with Crippen molar-refractivity contribution in [3.63, 3.8) is 0 Å². The van der Waals surface area contributed by atoms with Gasteiger partial charge in [-0.2, -0.15) is 5.26 Å². The van der Waals surface area contributed by atoms with E-state index in [-0.39, 0.29) is 31.1 Å². The molecule has 0 saturated heterocycles. The molecule has 0 amide bonds. The van der Waals surface area contributed by atoms with Crippen LogP contribution in [0.5, 0.6) is 17.2 Å². The topological polar surface area (TPSA) is 112 Å². The summed E-state index contributed by atoms with van der Waals surface area (Å²) in [5.41, 5.74) is 3.95. The molecule has 3 heterocycles. The van der Waals surface area contributed by atoms with Crippen LogP contribution in [0.15, 0.2) is 112 Å². The minimum Gasteiger partial charge on any atom is -0.489 e. The lowest BCUT2D eigenvalue weighted by atomic mass is 9.93. The number of hydrogen-bond donors (Lipinski definition) is 0. The van der Waals surface area contributed by atoms with E-state index in [9.17, 15) is 14.9 Å². The van der Waals surface area contributed by atoms with Crippen LogP contribution >= 0.6 is 11.3 Å². The number of carbonyl (C=O) groups excluding carboxylic acids is 1. The van der Waals surface area contributed by atoms with Gasteiger partial charge >= 0.3 is 5.97 Å². The van der Waals surface area contributed by atoms with Crippen LogP contribution in [0.1, 0.15) is 40.8 Å². The average Bonchev–Trinajstić information content (AvgIpc) is 3.71. The Morgan fingerprint density at radius 3 is 2.57 bits per heavy atom. The molecule has 0 N–H and O–H groups in total. The number of fused-ring (bicyclic) bond motifs is 2. The maximum absolute atomic E-state index is 14.2. The van der Waals surface area contributed by atoms with Crippen molar-refractivity contribution >= 4 is 29.1 Å². The third kappa shape index (κ3) is 5.80. The molecule has 0 spiro atoms. The fraction of sp³-hybridized carbons (Fsp3) is 0.135. The molecule has 0 bridgehead atoms. The Balaban J connectivity index is 1.31. The lowest BCUT2D eigenvalue weighted by Gasteiger charge is -2.26. The van der Waals surface area contributed by atoms with E-state index in [4.69, 9.17) is 23.9 Å². The monoisotopic (exact) mass is 641 g/mol. The van der Waals surface area contributed by atoms with Gasteiger partial charge in [0.2, 0.25) is 6.79 Å². The van der Waals surface area contributed by atoms with Crippen LogP contribution in [-0.4, -0.2) is 23.9 Å². The smallest absolute Gasteiger partial charge is 0.338 e. The highest BCUT2D eigenvalue weighted by Gasteiger charge is 2.36. The third-order valence-corrected chi connectivity index (χ3v) is 8.78. The lowest BCUT2D eigenvalue weighted by Crippen LogP contribution is -2.40. The van der Waals surface area contributed by atoms with Crippen molar-refractivity contribution in [1.29, 1.82) is 5.26 Å². The molecule has 232 valence electrons. The zero-order chi connectivity index (χ0) is 32.3. The zero-order valence-electron chi connectivity index (χ0n) is 25.2. The van der Waals surface area contributed by atoms with Gasteiger partial charge in [-0.05, 0) is 54.5 Å². The number of thiazole rings is 1. The minimum atomic E-state index is -0.829. The van der Waals surface area contributed by atoms with Gasteiger partial charge < -0.3 is 18.9 Å². The molecule has 47 heavy (non-hydrogen) atoms. The highest BCUT2D eigenvalue weighted by atomic mass is 32.1. The number of esters is 1. The van der Waals surface area contributed by atoms with Gasteiger partial charge in [0.15, 0.2) is 16.3 Å². The predicted octanol–water partition coefficient (Wildman–Crippen LogP) is 5.11. The Labute approximate surface area is 273 Å². The van der Waals surface area contributed by atoms with Crippen LogP contribution in [0, 0.1) is 11.3 Å². The molecular weight excluding hydrogens is 614 g/mol. The minimum absolute atomic E-state index is 0.0916. The highest BCUT2D eigenvalue weighted by Crippen LogP contribution is 2.40. The normalized spacial score (nSPS) is 15.1. The van der Waals surface area contributed by atoms with E-state index >= 15 is 0 Å². The van der Waals surface area contributed by atoms with Crippen molar-refractivity contribution in [3.8, 4) is 23.3 Å². The molecule has 9 nitrogen and oxygen atoms in total. The number of carbonyl (C=O) groups is 1. The van der Waals surface area contributed by atoms with E-state index in [0.29, 0.717) is 43.4 Å². The van der Waals surface area contributed by atoms with E-state index in [0.717, 1.165) is 16.7 Å². The maximum atomic E-state index is 14.2. The Hall–Kier alpha value is -5.92. The molecule has 2 aliphatic rings. The second-order valence-corrected chi connectivity index (χ2v) is 11.7. The zero-order valence-corrected chi connectivity index (χ0v) is 26.0. The number of aromatic nitrogens is 1. The molecule has 1 aromatic heterocycles. The van der Waals surface area contributed by atoms with Crippen LogP contribution in [0.3, 0.4) is 0 Å². The fourth-order valence-electron chi connectivity index (χ4n) is 5.57. The average molecular weight is 642 g/mol. The van der Waals surface area contributed by atoms with Crippen molar-refractivity contribution < 1.29 is 23.7 Å². The summed E-state index contributed by atoms with van der Waals surface area (Å²) in [6.07, 6.45) is 1.80. The summed E-state index contributed by atoms with van der Waals surface area (Å²) in [6, 6.07) is 30.8. The lowest BCUT2D eigenvalue weighted by molar-refractivity contribution is -0.138. The van der Waals surface area contributed by atoms with Crippen LogP contribution in [0.25, 0.3) is 11.8 Å². The molecule has 0 unspecified atom stereocenters. The molecule has 0 fully saturated rings. The molecule has 5 aromatic rings.